The first-order valence-electron chi connectivity index (χ1n) is 4.90. The predicted molar refractivity (Wildman–Crippen MR) is 54.7 cm³/mol. The first kappa shape index (κ1) is 10.2. The zero-order valence-corrected chi connectivity index (χ0v) is 8.91. The molecule has 1 aromatic heterocycles. The van der Waals surface area contributed by atoms with Crippen LogP contribution in [0.5, 0.6) is 0 Å². The summed E-state index contributed by atoms with van der Waals surface area (Å²) in [5, 5.41) is 0. The van der Waals surface area contributed by atoms with Crippen LogP contribution in [0.25, 0.3) is 0 Å². The van der Waals surface area contributed by atoms with Gasteiger partial charge in [-0.15, -0.1) is 0 Å². The van der Waals surface area contributed by atoms with Crippen LogP contribution >= 0.6 is 0 Å². The molecule has 2 heteroatoms. The normalized spacial score (nSPS) is 11.2. The minimum Gasteiger partial charge on any atom is -0.241 e. The highest BCUT2D eigenvalue weighted by Gasteiger charge is 2.03. The number of hydrogen-bond acceptors (Lipinski definition) is 2. The van der Waals surface area contributed by atoms with Gasteiger partial charge >= 0.3 is 0 Å². The van der Waals surface area contributed by atoms with E-state index in [9.17, 15) is 0 Å². The lowest BCUT2D eigenvalue weighted by molar-refractivity contribution is 0.640. The summed E-state index contributed by atoms with van der Waals surface area (Å²) in [5.41, 5.74) is 1.24. The molecule has 0 aromatic carbocycles. The largest absolute Gasteiger partial charge is 0.241 e. The van der Waals surface area contributed by atoms with Crippen molar-refractivity contribution >= 4 is 0 Å². The van der Waals surface area contributed by atoms with Crippen molar-refractivity contribution in [2.24, 2.45) is 5.92 Å². The molecule has 0 saturated carbocycles. The maximum atomic E-state index is 4.32. The van der Waals surface area contributed by atoms with Crippen molar-refractivity contribution in [1.29, 1.82) is 0 Å². The van der Waals surface area contributed by atoms with Crippen molar-refractivity contribution in [3.05, 3.63) is 23.8 Å². The Labute approximate surface area is 80.4 Å². The van der Waals surface area contributed by atoms with Gasteiger partial charge in [-0.25, -0.2) is 9.97 Å². The van der Waals surface area contributed by atoms with E-state index >= 15 is 0 Å². The van der Waals surface area contributed by atoms with Crippen LogP contribution < -0.4 is 0 Å². The molecular weight excluding hydrogens is 160 g/mol. The van der Waals surface area contributed by atoms with Crippen LogP contribution in [0.4, 0.5) is 0 Å². The lowest BCUT2D eigenvalue weighted by atomic mass is 10.1. The van der Waals surface area contributed by atoms with Gasteiger partial charge in [0, 0.05) is 18.3 Å². The molecule has 1 aromatic rings. The minimum absolute atomic E-state index is 0.424. The highest BCUT2D eigenvalue weighted by Crippen LogP contribution is 2.10. The van der Waals surface area contributed by atoms with E-state index in [1.165, 1.54) is 5.56 Å². The third-order valence-electron chi connectivity index (χ3n) is 1.89. The van der Waals surface area contributed by atoms with E-state index in [0.717, 1.165) is 12.2 Å². The first-order valence-corrected chi connectivity index (χ1v) is 4.90. The van der Waals surface area contributed by atoms with E-state index in [1.807, 2.05) is 12.4 Å². The van der Waals surface area contributed by atoms with Gasteiger partial charge in [0.15, 0.2) is 0 Å². The first-order chi connectivity index (χ1) is 6.09. The SMILES string of the molecule is CC(C)Cc1cnc(C(C)C)nc1. The molecule has 13 heavy (non-hydrogen) atoms. The lowest BCUT2D eigenvalue weighted by Crippen LogP contribution is -2.00. The number of hydrogen-bond donors (Lipinski definition) is 0. The van der Waals surface area contributed by atoms with Crippen LogP contribution in [-0.2, 0) is 6.42 Å². The highest BCUT2D eigenvalue weighted by molar-refractivity contribution is 5.07. The van der Waals surface area contributed by atoms with Crippen molar-refractivity contribution in [1.82, 2.24) is 9.97 Å². The van der Waals surface area contributed by atoms with Crippen molar-refractivity contribution in [2.45, 2.75) is 40.0 Å². The summed E-state index contributed by atoms with van der Waals surface area (Å²) in [5.74, 6) is 2.04. The zero-order chi connectivity index (χ0) is 9.84. The van der Waals surface area contributed by atoms with Gasteiger partial charge in [-0.1, -0.05) is 27.7 Å². The predicted octanol–water partition coefficient (Wildman–Crippen LogP) is 2.80. The van der Waals surface area contributed by atoms with Crippen molar-refractivity contribution < 1.29 is 0 Å². The Kier molecular flexibility index (Phi) is 3.40. The van der Waals surface area contributed by atoms with Gasteiger partial charge in [-0.3, -0.25) is 0 Å². The Hall–Kier alpha value is -0.920. The molecule has 0 radical (unpaired) electrons. The molecule has 0 aliphatic heterocycles. The second-order valence-electron chi connectivity index (χ2n) is 4.20. The van der Waals surface area contributed by atoms with Gasteiger partial charge < -0.3 is 0 Å². The minimum atomic E-state index is 0.424. The Balaban J connectivity index is 2.70. The molecule has 0 aliphatic rings. The van der Waals surface area contributed by atoms with Crippen LogP contribution in [0.15, 0.2) is 12.4 Å². The van der Waals surface area contributed by atoms with Crippen molar-refractivity contribution in [3.63, 3.8) is 0 Å². The average molecular weight is 178 g/mol. The maximum absolute atomic E-state index is 4.32. The zero-order valence-electron chi connectivity index (χ0n) is 8.91. The molecule has 1 heterocycles. The van der Waals surface area contributed by atoms with Crippen LogP contribution in [0.3, 0.4) is 0 Å². The second-order valence-corrected chi connectivity index (χ2v) is 4.20. The Morgan fingerprint density at radius 1 is 1.08 bits per heavy atom. The lowest BCUT2D eigenvalue weighted by Gasteiger charge is -2.06. The van der Waals surface area contributed by atoms with Gasteiger partial charge in [-0.05, 0) is 17.9 Å². The van der Waals surface area contributed by atoms with E-state index < -0.39 is 0 Å². The maximum Gasteiger partial charge on any atom is 0.130 e. The summed E-state index contributed by atoms with van der Waals surface area (Å²) >= 11 is 0. The highest BCUT2D eigenvalue weighted by atomic mass is 14.9. The topological polar surface area (TPSA) is 25.8 Å². The molecule has 0 N–H and O–H groups in total. The van der Waals surface area contributed by atoms with Gasteiger partial charge in [0.2, 0.25) is 0 Å². The van der Waals surface area contributed by atoms with Gasteiger partial charge in [0.25, 0.3) is 0 Å². The molecule has 0 bridgehead atoms. The van der Waals surface area contributed by atoms with Gasteiger partial charge in [0.05, 0.1) is 0 Å². The van der Waals surface area contributed by atoms with Gasteiger partial charge in [-0.2, -0.15) is 0 Å². The third kappa shape index (κ3) is 3.13. The van der Waals surface area contributed by atoms with Crippen molar-refractivity contribution in [3.8, 4) is 0 Å². The van der Waals surface area contributed by atoms with E-state index in [2.05, 4.69) is 37.7 Å². The fourth-order valence-corrected chi connectivity index (χ4v) is 1.24. The summed E-state index contributed by atoms with van der Waals surface area (Å²) in [7, 11) is 0. The molecule has 2 nitrogen and oxygen atoms in total. The number of aromatic nitrogens is 2. The standard InChI is InChI=1S/C11H18N2/c1-8(2)5-10-6-12-11(9(3)4)13-7-10/h6-9H,5H2,1-4H3. The molecule has 0 atom stereocenters. The van der Waals surface area contributed by atoms with Crippen molar-refractivity contribution in [2.75, 3.05) is 0 Å². The molecule has 0 fully saturated rings. The fraction of sp³-hybridized carbons (Fsp3) is 0.636. The van der Waals surface area contributed by atoms with Crippen LogP contribution in [0.2, 0.25) is 0 Å². The summed E-state index contributed by atoms with van der Waals surface area (Å²) in [6.07, 6.45) is 4.96. The average Bonchev–Trinajstić information content (AvgIpc) is 2.04. The van der Waals surface area contributed by atoms with E-state index in [-0.39, 0.29) is 0 Å². The molecule has 0 saturated heterocycles. The molecule has 1 rings (SSSR count). The second kappa shape index (κ2) is 4.35. The molecule has 0 amide bonds. The fourth-order valence-electron chi connectivity index (χ4n) is 1.24. The Morgan fingerprint density at radius 2 is 1.62 bits per heavy atom. The Bertz CT molecular complexity index is 249. The number of rotatable bonds is 3. The molecular formula is C11H18N2. The van der Waals surface area contributed by atoms with E-state index in [1.54, 1.807) is 0 Å². The molecule has 72 valence electrons. The van der Waals surface area contributed by atoms with E-state index in [4.69, 9.17) is 0 Å². The summed E-state index contributed by atoms with van der Waals surface area (Å²) < 4.78 is 0. The quantitative estimate of drug-likeness (QED) is 0.711. The monoisotopic (exact) mass is 178 g/mol. The summed E-state index contributed by atoms with van der Waals surface area (Å²) in [4.78, 5) is 8.64. The molecule has 0 aliphatic carbocycles. The number of nitrogens with zero attached hydrogens (tertiary/aromatic N) is 2. The van der Waals surface area contributed by atoms with Crippen LogP contribution in [0, 0.1) is 5.92 Å². The Morgan fingerprint density at radius 3 is 2.00 bits per heavy atom. The van der Waals surface area contributed by atoms with Gasteiger partial charge in [0.1, 0.15) is 5.82 Å². The summed E-state index contributed by atoms with van der Waals surface area (Å²) in [6, 6.07) is 0. The smallest absolute Gasteiger partial charge is 0.130 e. The van der Waals surface area contributed by atoms with Crippen LogP contribution in [0.1, 0.15) is 45.0 Å². The van der Waals surface area contributed by atoms with Crippen LogP contribution in [-0.4, -0.2) is 9.97 Å². The van der Waals surface area contributed by atoms with E-state index in [0.29, 0.717) is 11.8 Å². The molecule has 0 spiro atoms. The third-order valence-corrected chi connectivity index (χ3v) is 1.89. The summed E-state index contributed by atoms with van der Waals surface area (Å²) in [6.45, 7) is 8.63. The molecule has 0 unspecified atom stereocenters.